The van der Waals surface area contributed by atoms with Crippen molar-refractivity contribution in [3.05, 3.63) is 60.1 Å². The van der Waals surface area contributed by atoms with Crippen LogP contribution >= 0.6 is 11.8 Å². The van der Waals surface area contributed by atoms with Gasteiger partial charge in [-0.3, -0.25) is 5.10 Å². The molecule has 178 valence electrons. The van der Waals surface area contributed by atoms with Crippen molar-refractivity contribution in [2.45, 2.75) is 36.1 Å². The number of anilines is 1. The van der Waals surface area contributed by atoms with Gasteiger partial charge in [0.2, 0.25) is 5.95 Å². The largest absolute Gasteiger partial charge is 1.00 e. The van der Waals surface area contributed by atoms with Gasteiger partial charge in [-0.05, 0) is 42.9 Å². The summed E-state index contributed by atoms with van der Waals surface area (Å²) in [6.07, 6.45) is 8.59. The van der Waals surface area contributed by atoms with Crippen LogP contribution in [-0.4, -0.2) is 57.8 Å². The number of nitrogens with zero attached hydrogens (tertiary/aromatic N) is 5. The first kappa shape index (κ1) is 27.3. The van der Waals surface area contributed by atoms with E-state index in [4.69, 9.17) is 4.74 Å². The van der Waals surface area contributed by atoms with E-state index in [1.807, 2.05) is 36.0 Å². The van der Waals surface area contributed by atoms with Gasteiger partial charge in [0.15, 0.2) is 5.82 Å². The molecular weight excluding hydrogens is 478 g/mol. The Morgan fingerprint density at radius 3 is 2.60 bits per heavy atom. The molecule has 0 atom stereocenters. The topological polar surface area (TPSA) is 88.9 Å². The molecule has 0 saturated carbocycles. The molecule has 0 bridgehead atoms. The zero-order chi connectivity index (χ0) is 23.9. The molecule has 5 rings (SSSR count). The van der Waals surface area contributed by atoms with Crippen LogP contribution in [0.4, 0.5) is 10.3 Å². The average Bonchev–Trinajstić information content (AvgIpc) is 3.60. The number of aromatic nitrogens is 5. The van der Waals surface area contributed by atoms with E-state index in [1.165, 1.54) is 25.2 Å². The van der Waals surface area contributed by atoms with Crippen LogP contribution in [0.2, 0.25) is 0 Å². The van der Waals surface area contributed by atoms with E-state index in [1.54, 1.807) is 25.1 Å². The Morgan fingerprint density at radius 1 is 1.17 bits per heavy atom. The van der Waals surface area contributed by atoms with E-state index in [0.717, 1.165) is 39.5 Å². The molecule has 11 heteroatoms. The second-order valence-electron chi connectivity index (χ2n) is 7.84. The molecular formula is C24H26FN6NaO2S. The zero-order valence-corrected chi connectivity index (χ0v) is 22.9. The Morgan fingerprint density at radius 2 is 1.91 bits per heavy atom. The first-order valence-corrected chi connectivity index (χ1v) is 11.8. The summed E-state index contributed by atoms with van der Waals surface area (Å²) < 4.78 is 19.5. The third kappa shape index (κ3) is 6.92. The number of H-pyrrole nitrogens is 1. The molecule has 0 spiro atoms. The normalized spacial score (nSPS) is 12.8. The van der Waals surface area contributed by atoms with Crippen molar-refractivity contribution in [3.8, 4) is 0 Å². The van der Waals surface area contributed by atoms with Crippen LogP contribution in [0.1, 0.15) is 24.2 Å². The molecule has 3 aromatic heterocycles. The molecule has 0 radical (unpaired) electrons. The minimum absolute atomic E-state index is 0. The summed E-state index contributed by atoms with van der Waals surface area (Å²) in [4.78, 5) is 23.2. The Kier molecular flexibility index (Phi) is 10.3. The molecule has 1 N–H and O–H groups in total. The fourth-order valence-corrected chi connectivity index (χ4v) is 4.78. The van der Waals surface area contributed by atoms with E-state index in [0.29, 0.717) is 24.8 Å². The van der Waals surface area contributed by atoms with Crippen molar-refractivity contribution in [1.82, 2.24) is 24.7 Å². The zero-order valence-electron chi connectivity index (χ0n) is 20.1. The predicted octanol–water partition coefficient (Wildman–Crippen LogP) is 1.15. The second kappa shape index (κ2) is 13.2. The SMILES string of the molecule is COCCn1c([C-]=O)cc(Sc2ccc3[nH]ncc3c2)c1C.Fc1cnc(N2CCCC2)nc1.[Na+]. The Balaban J connectivity index is 0.000000223. The van der Waals surface area contributed by atoms with Crippen molar-refractivity contribution in [2.75, 3.05) is 31.7 Å². The van der Waals surface area contributed by atoms with Gasteiger partial charge in [-0.15, -0.1) is 11.8 Å². The van der Waals surface area contributed by atoms with Crippen LogP contribution in [0.5, 0.6) is 0 Å². The third-order valence-corrected chi connectivity index (χ3v) is 6.70. The second-order valence-corrected chi connectivity index (χ2v) is 8.96. The molecule has 35 heavy (non-hydrogen) atoms. The summed E-state index contributed by atoms with van der Waals surface area (Å²) >= 11 is 1.63. The molecule has 8 nitrogen and oxygen atoms in total. The fraction of sp³-hybridized carbons (Fsp3) is 0.333. The van der Waals surface area contributed by atoms with Crippen LogP contribution in [0, 0.1) is 12.7 Å². The third-order valence-electron chi connectivity index (χ3n) is 5.58. The Bertz CT molecular complexity index is 1240. The van der Waals surface area contributed by atoms with Crippen molar-refractivity contribution in [2.24, 2.45) is 0 Å². The van der Waals surface area contributed by atoms with Crippen LogP contribution in [0.25, 0.3) is 10.9 Å². The number of rotatable bonds is 7. The molecule has 1 aromatic carbocycles. The Hall–Kier alpha value is -2.24. The molecule has 4 heterocycles. The number of benzene rings is 1. The maximum absolute atomic E-state index is 12.4. The van der Waals surface area contributed by atoms with Crippen molar-refractivity contribution in [3.63, 3.8) is 0 Å². The van der Waals surface area contributed by atoms with E-state index < -0.39 is 0 Å². The number of carbonyl (C=O) groups excluding carboxylic acids is 1. The smallest absolute Gasteiger partial charge is 0.417 e. The number of nitrogens with one attached hydrogen (secondary N) is 1. The van der Waals surface area contributed by atoms with Gasteiger partial charge >= 0.3 is 29.6 Å². The summed E-state index contributed by atoms with van der Waals surface area (Å²) in [5.41, 5.74) is 2.62. The van der Waals surface area contributed by atoms with E-state index in [9.17, 15) is 9.18 Å². The summed E-state index contributed by atoms with van der Waals surface area (Å²) in [7, 11) is 1.65. The van der Waals surface area contributed by atoms with Crippen molar-refractivity contribution >= 4 is 34.9 Å². The maximum atomic E-state index is 12.4. The number of aromatic amines is 1. The molecule has 0 unspecified atom stereocenters. The minimum Gasteiger partial charge on any atom is -0.417 e. The van der Waals surface area contributed by atoms with Gasteiger partial charge in [0, 0.05) is 49.0 Å². The summed E-state index contributed by atoms with van der Waals surface area (Å²) in [6, 6.07) is 8.01. The fourth-order valence-electron chi connectivity index (χ4n) is 3.78. The standard InChI is InChI=1S/C16H16N3O2S.C8H10FN3.Na/c1-11-16(8-13(10-20)19(11)5-6-21-2)22-14-3-4-15-12(7-14)9-17-18-15;9-7-5-10-8(11-6-7)12-3-1-2-4-12;/h3-4,7-9H,5-6H2,1-2H3,(H,17,18);5-6H,1-4H2;/q-1;;+1. The monoisotopic (exact) mass is 504 g/mol. The molecule has 4 aromatic rings. The van der Waals surface area contributed by atoms with Gasteiger partial charge in [0.05, 0.1) is 30.7 Å². The van der Waals surface area contributed by atoms with Gasteiger partial charge in [-0.1, -0.05) is 5.69 Å². The average molecular weight is 505 g/mol. The number of fused-ring (bicyclic) bond motifs is 1. The molecule has 0 aliphatic carbocycles. The molecule has 0 amide bonds. The number of hydrogen-bond donors (Lipinski definition) is 1. The summed E-state index contributed by atoms with van der Waals surface area (Å²) in [6.45, 7) is 5.20. The predicted molar refractivity (Wildman–Crippen MR) is 129 cm³/mol. The van der Waals surface area contributed by atoms with Crippen LogP contribution in [0.3, 0.4) is 0 Å². The molecule has 1 aliphatic heterocycles. The number of halogens is 1. The Labute approximate surface area is 230 Å². The van der Waals surface area contributed by atoms with E-state index in [-0.39, 0.29) is 35.4 Å². The quantitative estimate of drug-likeness (QED) is 0.298. The van der Waals surface area contributed by atoms with E-state index in [2.05, 4.69) is 31.1 Å². The summed E-state index contributed by atoms with van der Waals surface area (Å²) in [5, 5.41) is 8.04. The maximum Gasteiger partial charge on any atom is 1.00 e. The van der Waals surface area contributed by atoms with Crippen molar-refractivity contribution < 1.29 is 43.5 Å². The van der Waals surface area contributed by atoms with Crippen LogP contribution in [-0.2, 0) is 16.1 Å². The number of ether oxygens (including phenoxy) is 1. The van der Waals surface area contributed by atoms with E-state index >= 15 is 0 Å². The van der Waals surface area contributed by atoms with Gasteiger partial charge in [-0.25, -0.2) is 14.4 Å². The van der Waals surface area contributed by atoms with Gasteiger partial charge < -0.3 is 19.0 Å². The summed E-state index contributed by atoms with van der Waals surface area (Å²) in [5.74, 6) is 0.270. The molecule has 1 aliphatic rings. The first-order chi connectivity index (χ1) is 16.6. The number of hydrogen-bond acceptors (Lipinski definition) is 7. The first-order valence-electron chi connectivity index (χ1n) is 11.0. The van der Waals surface area contributed by atoms with Crippen molar-refractivity contribution in [1.29, 1.82) is 0 Å². The molecule has 1 saturated heterocycles. The van der Waals surface area contributed by atoms with Gasteiger partial charge in [0.25, 0.3) is 0 Å². The van der Waals surface area contributed by atoms with Gasteiger partial charge in [0.1, 0.15) is 0 Å². The molecule has 1 fully saturated rings. The van der Waals surface area contributed by atoms with Crippen LogP contribution in [0.15, 0.2) is 52.6 Å². The minimum atomic E-state index is -0.377. The number of methoxy groups -OCH3 is 1. The van der Waals surface area contributed by atoms with Gasteiger partial charge in [-0.2, -0.15) is 11.2 Å². The van der Waals surface area contributed by atoms with Crippen LogP contribution < -0.4 is 34.5 Å².